The van der Waals surface area contributed by atoms with Crippen molar-refractivity contribution in [2.45, 2.75) is 123 Å². The van der Waals surface area contributed by atoms with E-state index in [9.17, 15) is 0 Å². The molecule has 0 heterocycles. The quantitative estimate of drug-likeness (QED) is 0.198. The molecule has 0 fully saturated rings. The second-order valence-electron chi connectivity index (χ2n) is 7.21. The van der Waals surface area contributed by atoms with E-state index in [0.29, 0.717) is 0 Å². The first-order valence-corrected chi connectivity index (χ1v) is 13.6. The molecule has 4 heteroatoms. The van der Waals surface area contributed by atoms with Crippen LogP contribution in [0.25, 0.3) is 0 Å². The van der Waals surface area contributed by atoms with Crippen LogP contribution in [-0.2, 0) is 8.54 Å². The lowest BCUT2D eigenvalue weighted by atomic mass is 10.0. The van der Waals surface area contributed by atoms with Crippen LogP contribution in [0.2, 0.25) is 6.04 Å². The summed E-state index contributed by atoms with van der Waals surface area (Å²) in [6, 6.07) is 1.22. The summed E-state index contributed by atoms with van der Waals surface area (Å²) in [7, 11) is -0.400. The lowest BCUT2D eigenvalue weighted by molar-refractivity contribution is 0.286. The van der Waals surface area contributed by atoms with Crippen molar-refractivity contribution in [2.24, 2.45) is 0 Å². The van der Waals surface area contributed by atoms with Gasteiger partial charge < -0.3 is 8.54 Å². The Bertz CT molecular complexity index is 228. The van der Waals surface area contributed by atoms with Crippen molar-refractivity contribution in [1.82, 2.24) is 0 Å². The molecule has 0 aliphatic rings. The lowest BCUT2D eigenvalue weighted by Crippen LogP contribution is -2.21. The van der Waals surface area contributed by atoms with Crippen LogP contribution in [0.4, 0.5) is 0 Å². The second-order valence-corrected chi connectivity index (χ2v) is 10.9. The van der Waals surface area contributed by atoms with Gasteiger partial charge in [-0.25, -0.2) is 0 Å². The molecule has 0 amide bonds. The van der Waals surface area contributed by atoms with Crippen LogP contribution in [0.3, 0.4) is 0 Å². The highest BCUT2D eigenvalue weighted by Gasteiger charge is 2.08. The summed E-state index contributed by atoms with van der Waals surface area (Å²) in [6.07, 6.45) is 23.0. The molecule has 0 aromatic rings. The number of unbranched alkanes of at least 4 members (excludes halogenated alkanes) is 15. The predicted octanol–water partition coefficient (Wildman–Crippen LogP) is 5.80. The summed E-state index contributed by atoms with van der Waals surface area (Å²) < 4.78 is 11.2. The van der Waals surface area contributed by atoms with Gasteiger partial charge in [-0.2, -0.15) is 0 Å². The van der Waals surface area contributed by atoms with Crippen LogP contribution < -0.4 is 0 Å². The van der Waals surface area contributed by atoms with Gasteiger partial charge in [0.25, 0.3) is 0 Å². The van der Waals surface area contributed by atoms with Crippen LogP contribution in [0.1, 0.15) is 117 Å². The molecule has 0 N–H and O–H groups in total. The Balaban J connectivity index is 3.07. The molecule has 0 saturated carbocycles. The Labute approximate surface area is 157 Å². The molecule has 0 rings (SSSR count). The third kappa shape index (κ3) is 18.7. The van der Waals surface area contributed by atoms with Crippen LogP contribution in [0.15, 0.2) is 0 Å². The second kappa shape index (κ2) is 21.4. The molecule has 0 saturated heterocycles. The Morgan fingerprint density at radius 1 is 0.583 bits per heavy atom. The summed E-state index contributed by atoms with van der Waals surface area (Å²) in [6.45, 7) is 5.20. The van der Waals surface area contributed by atoms with Crippen LogP contribution in [-0.4, -0.2) is 26.4 Å². The van der Waals surface area contributed by atoms with E-state index in [1.807, 2.05) is 0 Å². The summed E-state index contributed by atoms with van der Waals surface area (Å²) in [5.41, 5.74) is 0. The van der Waals surface area contributed by atoms with E-state index in [1.165, 1.54) is 109 Å². The summed E-state index contributed by atoms with van der Waals surface area (Å²) in [5, 5.41) is 0. The van der Waals surface area contributed by atoms with E-state index < -0.39 is 9.28 Å². The normalized spacial score (nSPS) is 12.8. The molecule has 24 heavy (non-hydrogen) atoms. The van der Waals surface area contributed by atoms with Crippen molar-refractivity contribution in [3.8, 4) is 0 Å². The lowest BCUT2D eigenvalue weighted by Gasteiger charge is -2.12. The highest BCUT2D eigenvalue weighted by molar-refractivity contribution is 6.48. The fourth-order valence-electron chi connectivity index (χ4n) is 3.31. The summed E-state index contributed by atoms with van der Waals surface area (Å²) in [5.74, 6) is 0. The third-order valence-corrected chi connectivity index (χ3v) is 8.60. The van der Waals surface area contributed by atoms with Crippen molar-refractivity contribution in [3.05, 3.63) is 0 Å². The molecule has 1 unspecified atom stereocenters. The van der Waals surface area contributed by atoms with Gasteiger partial charge in [-0.3, -0.25) is 0 Å². The maximum absolute atomic E-state index is 5.67. The smallest absolute Gasteiger partial charge is 0.310 e. The average Bonchev–Trinajstić information content (AvgIpc) is 2.60. The van der Waals surface area contributed by atoms with E-state index in [4.69, 9.17) is 8.54 Å². The first kappa shape index (κ1) is 24.4. The molecule has 1 atom stereocenters. The Hall–Kier alpha value is 0.354. The first-order valence-electron chi connectivity index (χ1n) is 11.0. The van der Waals surface area contributed by atoms with Crippen molar-refractivity contribution >= 4 is 19.8 Å². The first-order chi connectivity index (χ1) is 11.8. The molecule has 0 aliphatic carbocycles. The molecule has 0 spiro atoms. The third-order valence-electron chi connectivity index (χ3n) is 4.91. The standard InChI is InChI=1S/C20H46O2Si2/c1-3-5-6-7-8-9-10-11-12-13-14-15-16-17-18-19-20-24(22-23)21-4-2/h24H,3-20H2,1-2,23H3. The van der Waals surface area contributed by atoms with Crippen LogP contribution in [0.5, 0.6) is 0 Å². The largest absolute Gasteiger partial charge is 0.447 e. The van der Waals surface area contributed by atoms with Crippen molar-refractivity contribution < 1.29 is 8.54 Å². The number of hydrogen-bond acceptors (Lipinski definition) is 2. The average molecular weight is 375 g/mol. The Morgan fingerprint density at radius 3 is 1.29 bits per heavy atom. The van der Waals surface area contributed by atoms with Crippen molar-refractivity contribution in [3.63, 3.8) is 0 Å². The molecule has 2 nitrogen and oxygen atoms in total. The van der Waals surface area contributed by atoms with E-state index >= 15 is 0 Å². The molecule has 146 valence electrons. The van der Waals surface area contributed by atoms with Gasteiger partial charge in [0.15, 0.2) is 0 Å². The van der Waals surface area contributed by atoms with Gasteiger partial charge >= 0.3 is 9.28 Å². The van der Waals surface area contributed by atoms with E-state index in [-0.39, 0.29) is 0 Å². The molecule has 0 aliphatic heterocycles. The highest BCUT2D eigenvalue weighted by Crippen LogP contribution is 2.14. The summed E-state index contributed by atoms with van der Waals surface area (Å²) >= 11 is 0. The van der Waals surface area contributed by atoms with Gasteiger partial charge in [-0.15, -0.1) is 0 Å². The number of rotatable bonds is 20. The van der Waals surface area contributed by atoms with Gasteiger partial charge in [-0.1, -0.05) is 110 Å². The zero-order valence-corrected chi connectivity index (χ0v) is 20.3. The summed E-state index contributed by atoms with van der Waals surface area (Å²) in [4.78, 5) is 0. The molecular weight excluding hydrogens is 328 g/mol. The molecule has 0 radical (unpaired) electrons. The zero-order valence-electron chi connectivity index (χ0n) is 17.1. The monoisotopic (exact) mass is 374 g/mol. The van der Waals surface area contributed by atoms with Crippen molar-refractivity contribution in [2.75, 3.05) is 6.61 Å². The van der Waals surface area contributed by atoms with Crippen LogP contribution in [0, 0.1) is 0 Å². The van der Waals surface area contributed by atoms with Gasteiger partial charge in [0.05, 0.1) is 0 Å². The Morgan fingerprint density at radius 2 is 0.958 bits per heavy atom. The van der Waals surface area contributed by atoms with Gasteiger partial charge in [0.2, 0.25) is 0 Å². The Kier molecular flexibility index (Phi) is 21.7. The highest BCUT2D eigenvalue weighted by atomic mass is 28.3. The molecule has 0 aromatic heterocycles. The number of hydrogen-bond donors (Lipinski definition) is 0. The minimum Gasteiger partial charge on any atom is -0.447 e. The minimum atomic E-state index is -1.24. The fourth-order valence-corrected chi connectivity index (χ4v) is 5.96. The maximum Gasteiger partial charge on any atom is 0.310 e. The SMILES string of the molecule is CCCCCCCCCCCCCCCCCC[SiH](O[SiH3])OCC. The molecular formula is C20H46O2Si2. The topological polar surface area (TPSA) is 18.5 Å². The predicted molar refractivity (Wildman–Crippen MR) is 114 cm³/mol. The zero-order chi connectivity index (χ0) is 17.7. The van der Waals surface area contributed by atoms with Gasteiger partial charge in [-0.05, 0) is 13.0 Å². The van der Waals surface area contributed by atoms with E-state index in [1.54, 1.807) is 0 Å². The van der Waals surface area contributed by atoms with Gasteiger partial charge in [0.1, 0.15) is 10.5 Å². The van der Waals surface area contributed by atoms with Crippen LogP contribution >= 0.6 is 0 Å². The molecule has 0 aromatic carbocycles. The fraction of sp³-hybridized carbons (Fsp3) is 1.00. The molecule has 0 bridgehead atoms. The minimum absolute atomic E-state index is 0.831. The van der Waals surface area contributed by atoms with E-state index in [2.05, 4.69) is 13.8 Å². The van der Waals surface area contributed by atoms with Gasteiger partial charge in [0, 0.05) is 6.61 Å². The van der Waals surface area contributed by atoms with E-state index in [0.717, 1.165) is 17.1 Å². The maximum atomic E-state index is 5.67. The van der Waals surface area contributed by atoms with Crippen molar-refractivity contribution in [1.29, 1.82) is 0 Å².